The highest BCUT2D eigenvalue weighted by Gasteiger charge is 2.28. The number of halogens is 1. The summed E-state index contributed by atoms with van der Waals surface area (Å²) in [6, 6.07) is 0.318. The molecule has 2 heterocycles. The first kappa shape index (κ1) is 14.3. The van der Waals surface area contributed by atoms with Crippen molar-refractivity contribution in [3.05, 3.63) is 11.2 Å². The van der Waals surface area contributed by atoms with Gasteiger partial charge in [0.05, 0.1) is 24.9 Å². The number of nitrogens with one attached hydrogen (secondary N) is 1. The van der Waals surface area contributed by atoms with Crippen LogP contribution in [0.15, 0.2) is 6.20 Å². The fourth-order valence-electron chi connectivity index (χ4n) is 2.24. The van der Waals surface area contributed by atoms with E-state index in [1.54, 1.807) is 6.20 Å². The number of ether oxygens (including phenoxy) is 1. The molecule has 1 N–H and O–H groups in total. The molecule has 2 unspecified atom stereocenters. The number of morpholine rings is 1. The first-order valence-corrected chi connectivity index (χ1v) is 7.18. The Kier molecular flexibility index (Phi) is 4.82. The molecule has 1 fully saturated rings. The van der Waals surface area contributed by atoms with Crippen molar-refractivity contribution >= 4 is 23.4 Å². The van der Waals surface area contributed by atoms with E-state index in [4.69, 9.17) is 16.3 Å². The van der Waals surface area contributed by atoms with Crippen LogP contribution in [0.25, 0.3) is 0 Å². The minimum absolute atomic E-state index is 0.191. The molecule has 1 aromatic rings. The van der Waals surface area contributed by atoms with Gasteiger partial charge in [0.1, 0.15) is 5.02 Å². The van der Waals surface area contributed by atoms with E-state index in [2.05, 4.69) is 34.0 Å². The SMILES string of the molecule is CCNc1ncc(Cl)c(N2CC(C)OCC2CC)n1. The van der Waals surface area contributed by atoms with Gasteiger partial charge in [-0.1, -0.05) is 18.5 Å². The normalized spacial score (nSPS) is 23.5. The topological polar surface area (TPSA) is 50.3 Å². The van der Waals surface area contributed by atoms with Crippen molar-refractivity contribution in [2.45, 2.75) is 39.3 Å². The summed E-state index contributed by atoms with van der Waals surface area (Å²) in [5.74, 6) is 1.42. The van der Waals surface area contributed by atoms with Gasteiger partial charge < -0.3 is 15.0 Å². The van der Waals surface area contributed by atoms with Gasteiger partial charge in [-0.15, -0.1) is 0 Å². The summed E-state index contributed by atoms with van der Waals surface area (Å²) in [6.07, 6.45) is 2.86. The van der Waals surface area contributed by atoms with Gasteiger partial charge in [-0.3, -0.25) is 0 Å². The average molecular weight is 285 g/mol. The molecule has 6 heteroatoms. The summed E-state index contributed by atoms with van der Waals surface area (Å²) in [5, 5.41) is 3.71. The molecule has 5 nitrogen and oxygen atoms in total. The van der Waals surface area contributed by atoms with Crippen molar-refractivity contribution < 1.29 is 4.74 Å². The second-order valence-electron chi connectivity index (χ2n) is 4.75. The van der Waals surface area contributed by atoms with Crippen LogP contribution in [0, 0.1) is 0 Å². The number of anilines is 2. The predicted octanol–water partition coefficient (Wildman–Crippen LogP) is 2.57. The maximum absolute atomic E-state index is 6.26. The van der Waals surface area contributed by atoms with Crippen LogP contribution in [0.4, 0.5) is 11.8 Å². The molecule has 1 aromatic heterocycles. The van der Waals surface area contributed by atoms with Gasteiger partial charge in [-0.2, -0.15) is 4.98 Å². The first-order chi connectivity index (χ1) is 9.15. The third-order valence-electron chi connectivity index (χ3n) is 3.27. The third kappa shape index (κ3) is 3.28. The molecule has 0 amide bonds. The Labute approximate surface area is 119 Å². The molecule has 0 bridgehead atoms. The van der Waals surface area contributed by atoms with Gasteiger partial charge >= 0.3 is 0 Å². The lowest BCUT2D eigenvalue weighted by molar-refractivity contribution is 0.0296. The molecule has 1 aliphatic rings. The van der Waals surface area contributed by atoms with Crippen LogP contribution in [-0.4, -0.2) is 41.8 Å². The summed E-state index contributed by atoms with van der Waals surface area (Å²) in [7, 11) is 0. The van der Waals surface area contributed by atoms with Gasteiger partial charge in [0.15, 0.2) is 5.82 Å². The molecule has 0 radical (unpaired) electrons. The van der Waals surface area contributed by atoms with E-state index < -0.39 is 0 Å². The van der Waals surface area contributed by atoms with E-state index >= 15 is 0 Å². The van der Waals surface area contributed by atoms with Crippen molar-refractivity contribution in [2.24, 2.45) is 0 Å². The molecule has 0 aromatic carbocycles. The van der Waals surface area contributed by atoms with Crippen molar-refractivity contribution in [3.63, 3.8) is 0 Å². The summed E-state index contributed by atoms with van der Waals surface area (Å²) < 4.78 is 5.71. The van der Waals surface area contributed by atoms with Crippen LogP contribution in [-0.2, 0) is 4.74 Å². The number of hydrogen-bond acceptors (Lipinski definition) is 5. The minimum atomic E-state index is 0.191. The quantitative estimate of drug-likeness (QED) is 0.921. The molecule has 2 atom stereocenters. The zero-order valence-corrected chi connectivity index (χ0v) is 12.4. The molecule has 19 heavy (non-hydrogen) atoms. The highest BCUT2D eigenvalue weighted by molar-refractivity contribution is 6.32. The second-order valence-corrected chi connectivity index (χ2v) is 5.16. The van der Waals surface area contributed by atoms with Gasteiger partial charge in [0.2, 0.25) is 5.95 Å². The maximum atomic E-state index is 6.26. The van der Waals surface area contributed by atoms with Crippen LogP contribution >= 0.6 is 11.6 Å². The molecule has 106 valence electrons. The Balaban J connectivity index is 2.29. The molecule has 0 aliphatic carbocycles. The van der Waals surface area contributed by atoms with E-state index in [-0.39, 0.29) is 6.10 Å². The van der Waals surface area contributed by atoms with Gasteiger partial charge in [-0.25, -0.2) is 4.98 Å². The molecule has 2 rings (SSSR count). The summed E-state index contributed by atoms with van der Waals surface area (Å²) >= 11 is 6.26. The first-order valence-electron chi connectivity index (χ1n) is 6.80. The van der Waals surface area contributed by atoms with Gasteiger partial charge in [-0.05, 0) is 20.3 Å². The Morgan fingerprint density at radius 2 is 2.32 bits per heavy atom. The van der Waals surface area contributed by atoms with Crippen molar-refractivity contribution in [1.29, 1.82) is 0 Å². The lowest BCUT2D eigenvalue weighted by Crippen LogP contribution is -2.49. The Bertz CT molecular complexity index is 429. The van der Waals surface area contributed by atoms with Crippen molar-refractivity contribution in [3.8, 4) is 0 Å². The van der Waals surface area contributed by atoms with E-state index in [1.807, 2.05) is 6.92 Å². The Morgan fingerprint density at radius 1 is 1.53 bits per heavy atom. The lowest BCUT2D eigenvalue weighted by atomic mass is 10.1. The number of rotatable bonds is 4. The zero-order chi connectivity index (χ0) is 13.8. The predicted molar refractivity (Wildman–Crippen MR) is 78.0 cm³/mol. The maximum Gasteiger partial charge on any atom is 0.224 e. The number of nitrogens with zero attached hydrogens (tertiary/aromatic N) is 3. The molecular weight excluding hydrogens is 264 g/mol. The fourth-order valence-corrected chi connectivity index (χ4v) is 2.44. The third-order valence-corrected chi connectivity index (χ3v) is 3.54. The van der Waals surface area contributed by atoms with Crippen molar-refractivity contribution in [2.75, 3.05) is 29.9 Å². The highest BCUT2D eigenvalue weighted by Crippen LogP contribution is 2.28. The zero-order valence-electron chi connectivity index (χ0n) is 11.7. The van der Waals surface area contributed by atoms with E-state index in [0.29, 0.717) is 23.6 Å². The van der Waals surface area contributed by atoms with Crippen LogP contribution < -0.4 is 10.2 Å². The minimum Gasteiger partial charge on any atom is -0.375 e. The molecular formula is C13H21ClN4O. The molecule has 0 saturated carbocycles. The number of hydrogen-bond donors (Lipinski definition) is 1. The second kappa shape index (κ2) is 6.39. The van der Waals surface area contributed by atoms with Gasteiger partial charge in [0.25, 0.3) is 0 Å². The Hall–Kier alpha value is -1.07. The van der Waals surface area contributed by atoms with E-state index in [0.717, 1.165) is 25.3 Å². The molecule has 0 spiro atoms. The lowest BCUT2D eigenvalue weighted by Gasteiger charge is -2.39. The molecule has 1 saturated heterocycles. The average Bonchev–Trinajstić information content (AvgIpc) is 2.41. The van der Waals surface area contributed by atoms with Crippen LogP contribution in [0.2, 0.25) is 5.02 Å². The monoisotopic (exact) mass is 284 g/mol. The van der Waals surface area contributed by atoms with E-state index in [9.17, 15) is 0 Å². The summed E-state index contributed by atoms with van der Waals surface area (Å²) in [5.41, 5.74) is 0. The van der Waals surface area contributed by atoms with Crippen LogP contribution in [0.3, 0.4) is 0 Å². The molecule has 1 aliphatic heterocycles. The largest absolute Gasteiger partial charge is 0.375 e. The van der Waals surface area contributed by atoms with E-state index in [1.165, 1.54) is 0 Å². The summed E-state index contributed by atoms with van der Waals surface area (Å²) in [4.78, 5) is 11.0. The standard InChI is InChI=1S/C13H21ClN4O/c1-4-10-8-19-9(3)7-18(10)12-11(14)6-16-13(17-12)15-5-2/h6,9-10H,4-5,7-8H2,1-3H3,(H,15,16,17). The van der Waals surface area contributed by atoms with Crippen LogP contribution in [0.5, 0.6) is 0 Å². The highest BCUT2D eigenvalue weighted by atomic mass is 35.5. The van der Waals surface area contributed by atoms with Crippen molar-refractivity contribution in [1.82, 2.24) is 9.97 Å². The summed E-state index contributed by atoms with van der Waals surface area (Å²) in [6.45, 7) is 8.55. The van der Waals surface area contributed by atoms with Crippen LogP contribution in [0.1, 0.15) is 27.2 Å². The van der Waals surface area contributed by atoms with Gasteiger partial charge in [0, 0.05) is 13.1 Å². The number of aromatic nitrogens is 2. The smallest absolute Gasteiger partial charge is 0.224 e. The Morgan fingerprint density at radius 3 is 3.00 bits per heavy atom. The fraction of sp³-hybridized carbons (Fsp3) is 0.692.